The van der Waals surface area contributed by atoms with Crippen molar-refractivity contribution in [3.63, 3.8) is 0 Å². The highest BCUT2D eigenvalue weighted by molar-refractivity contribution is 6.62. The third kappa shape index (κ3) is 3.45. The highest BCUT2D eigenvalue weighted by Gasteiger charge is 2.53. The molecule has 1 amide bonds. The Morgan fingerprint density at radius 1 is 0.875 bits per heavy atom. The number of likely N-dealkylation sites (tertiary alicyclic amines) is 1. The van der Waals surface area contributed by atoms with Crippen LogP contribution in [0.25, 0.3) is 0 Å². The highest BCUT2D eigenvalue weighted by atomic mass is 16.7. The number of benzene rings is 1. The van der Waals surface area contributed by atoms with Gasteiger partial charge in [0.2, 0.25) is 5.91 Å². The summed E-state index contributed by atoms with van der Waals surface area (Å²) >= 11 is 0. The summed E-state index contributed by atoms with van der Waals surface area (Å²) in [4.78, 5) is 18.3. The van der Waals surface area contributed by atoms with Gasteiger partial charge in [0.05, 0.1) is 16.6 Å². The molecule has 1 aliphatic carbocycles. The van der Waals surface area contributed by atoms with Gasteiger partial charge in [-0.15, -0.1) is 0 Å². The van der Waals surface area contributed by atoms with Crippen molar-refractivity contribution >= 4 is 24.2 Å². The lowest BCUT2D eigenvalue weighted by atomic mass is 9.76. The summed E-state index contributed by atoms with van der Waals surface area (Å²) < 4.78 is 12.6. The molecule has 1 aromatic carbocycles. The van der Waals surface area contributed by atoms with Crippen LogP contribution in [0.4, 0.5) is 5.69 Å². The fourth-order valence-corrected chi connectivity index (χ4v) is 5.82. The molecule has 0 bridgehead atoms. The van der Waals surface area contributed by atoms with Crippen molar-refractivity contribution in [2.75, 3.05) is 18.0 Å². The molecule has 6 heteroatoms. The Balaban J connectivity index is 1.38. The second-order valence-corrected chi connectivity index (χ2v) is 11.9. The maximum absolute atomic E-state index is 13.5. The first-order valence-corrected chi connectivity index (χ1v) is 12.6. The number of hydrogen-bond acceptors (Lipinski definition) is 4. The molecule has 0 spiro atoms. The third-order valence-electron chi connectivity index (χ3n) is 8.84. The van der Waals surface area contributed by atoms with Crippen LogP contribution in [0, 0.1) is 0 Å². The predicted octanol–water partition coefficient (Wildman–Crippen LogP) is 4.02. The minimum absolute atomic E-state index is 0.234. The first-order chi connectivity index (χ1) is 15.0. The Morgan fingerprint density at radius 2 is 1.47 bits per heavy atom. The fraction of sp³-hybridized carbons (Fsp3) is 0.731. The van der Waals surface area contributed by atoms with E-state index in [9.17, 15) is 4.79 Å². The average molecular weight is 438 g/mol. The molecule has 0 aromatic heterocycles. The zero-order chi connectivity index (χ0) is 22.9. The molecular formula is C26H39BN2O3. The lowest BCUT2D eigenvalue weighted by Crippen LogP contribution is -2.56. The molecule has 174 valence electrons. The van der Waals surface area contributed by atoms with Gasteiger partial charge >= 0.3 is 7.12 Å². The van der Waals surface area contributed by atoms with Crippen molar-refractivity contribution in [1.29, 1.82) is 0 Å². The molecule has 0 radical (unpaired) electrons. The Hall–Kier alpha value is -1.37. The Bertz CT molecular complexity index is 882. The maximum Gasteiger partial charge on any atom is 0.494 e. The lowest BCUT2D eigenvalue weighted by Gasteiger charge is -2.46. The SMILES string of the molecule is CC1(C)C(=O)N(C2CC(N3CCCCCC3)C2)c2cc(B3OC(C)(C)C(C)(C)O3)ccc21. The van der Waals surface area contributed by atoms with Crippen LogP contribution in [0.1, 0.15) is 85.6 Å². The number of hydrogen-bond donors (Lipinski definition) is 0. The van der Waals surface area contributed by atoms with E-state index in [1.165, 1.54) is 38.8 Å². The summed E-state index contributed by atoms with van der Waals surface area (Å²) in [6.07, 6.45) is 7.53. The van der Waals surface area contributed by atoms with Crippen molar-refractivity contribution in [1.82, 2.24) is 4.90 Å². The minimum Gasteiger partial charge on any atom is -0.399 e. The second-order valence-electron chi connectivity index (χ2n) is 11.9. The predicted molar refractivity (Wildman–Crippen MR) is 130 cm³/mol. The summed E-state index contributed by atoms with van der Waals surface area (Å²) in [6.45, 7) is 14.9. The minimum atomic E-state index is -0.489. The topological polar surface area (TPSA) is 42.0 Å². The van der Waals surface area contributed by atoms with E-state index in [1.807, 2.05) is 0 Å². The first-order valence-electron chi connectivity index (χ1n) is 12.6. The summed E-state index contributed by atoms with van der Waals surface area (Å²) in [5.74, 6) is 0.234. The zero-order valence-corrected chi connectivity index (χ0v) is 20.7. The number of amides is 1. The van der Waals surface area contributed by atoms with Gasteiger partial charge in [-0.1, -0.05) is 25.0 Å². The van der Waals surface area contributed by atoms with Gasteiger partial charge in [0.15, 0.2) is 0 Å². The third-order valence-corrected chi connectivity index (χ3v) is 8.84. The van der Waals surface area contributed by atoms with Crippen LogP contribution in [-0.2, 0) is 19.5 Å². The van der Waals surface area contributed by atoms with Crippen LogP contribution < -0.4 is 10.4 Å². The van der Waals surface area contributed by atoms with Gasteiger partial charge in [-0.25, -0.2) is 0 Å². The largest absolute Gasteiger partial charge is 0.494 e. The van der Waals surface area contributed by atoms with Crippen LogP contribution in [-0.4, -0.2) is 54.3 Å². The van der Waals surface area contributed by atoms with Crippen LogP contribution in [0.15, 0.2) is 18.2 Å². The molecule has 3 aliphatic heterocycles. The average Bonchev–Trinajstić information content (AvgIpc) is 2.91. The first kappa shape index (κ1) is 22.4. The number of carbonyl (C=O) groups excluding carboxylic acids is 1. The smallest absolute Gasteiger partial charge is 0.399 e. The number of carbonyl (C=O) groups is 1. The molecule has 1 aromatic rings. The normalized spacial score (nSPS) is 31.4. The van der Waals surface area contributed by atoms with E-state index in [0.29, 0.717) is 12.1 Å². The van der Waals surface area contributed by atoms with Crippen LogP contribution in [0.2, 0.25) is 0 Å². The van der Waals surface area contributed by atoms with Gasteiger partial charge in [-0.05, 0) is 97.4 Å². The Morgan fingerprint density at radius 3 is 2.06 bits per heavy atom. The van der Waals surface area contributed by atoms with Gasteiger partial charge < -0.3 is 19.1 Å². The van der Waals surface area contributed by atoms with Crippen molar-refractivity contribution < 1.29 is 14.1 Å². The summed E-state index contributed by atoms with van der Waals surface area (Å²) in [5.41, 5.74) is 1.95. The molecular weight excluding hydrogens is 399 g/mol. The van der Waals surface area contributed by atoms with Gasteiger partial charge in [0.25, 0.3) is 0 Å². The van der Waals surface area contributed by atoms with E-state index in [0.717, 1.165) is 29.6 Å². The molecule has 3 heterocycles. The molecule has 5 rings (SSSR count). The monoisotopic (exact) mass is 438 g/mol. The van der Waals surface area contributed by atoms with Crippen molar-refractivity contribution in [3.8, 4) is 0 Å². The van der Waals surface area contributed by atoms with Crippen LogP contribution in [0.5, 0.6) is 0 Å². The fourth-order valence-electron chi connectivity index (χ4n) is 5.82. The van der Waals surface area contributed by atoms with Gasteiger partial charge in [0, 0.05) is 17.8 Å². The standard InChI is InChI=1S/C26H39BN2O3/c1-24(2)21-12-11-18(27-31-25(3,4)26(5,6)32-27)15-22(21)29(23(24)30)20-16-19(17-20)28-13-9-7-8-10-14-28/h11-12,15,19-20H,7-10,13-14,16-17H2,1-6H3. The second kappa shape index (κ2) is 7.58. The van der Waals surface area contributed by atoms with Crippen molar-refractivity contribution in [2.24, 2.45) is 0 Å². The number of rotatable bonds is 3. The molecule has 2 saturated heterocycles. The van der Waals surface area contributed by atoms with Gasteiger partial charge in [-0.3, -0.25) is 4.79 Å². The van der Waals surface area contributed by atoms with E-state index in [1.54, 1.807) is 0 Å². The van der Waals surface area contributed by atoms with Crippen molar-refractivity contribution in [2.45, 2.75) is 109 Å². The molecule has 0 atom stereocenters. The Labute approximate surface area is 194 Å². The summed E-state index contributed by atoms with van der Waals surface area (Å²) in [7, 11) is -0.405. The molecule has 32 heavy (non-hydrogen) atoms. The van der Waals surface area contributed by atoms with Crippen molar-refractivity contribution in [3.05, 3.63) is 23.8 Å². The molecule has 0 unspecified atom stereocenters. The van der Waals surface area contributed by atoms with E-state index in [2.05, 4.69) is 69.5 Å². The van der Waals surface area contributed by atoms with Crippen LogP contribution in [0.3, 0.4) is 0 Å². The summed E-state index contributed by atoms with van der Waals surface area (Å²) in [5, 5.41) is 0. The maximum atomic E-state index is 13.5. The Kier molecular flexibility index (Phi) is 5.31. The van der Waals surface area contributed by atoms with Gasteiger partial charge in [-0.2, -0.15) is 0 Å². The number of anilines is 1. The molecule has 0 N–H and O–H groups in total. The van der Waals surface area contributed by atoms with Gasteiger partial charge in [0.1, 0.15) is 0 Å². The number of nitrogens with zero attached hydrogens (tertiary/aromatic N) is 2. The highest BCUT2D eigenvalue weighted by Crippen LogP contribution is 2.46. The van der Waals surface area contributed by atoms with E-state index in [4.69, 9.17) is 9.31 Å². The quantitative estimate of drug-likeness (QED) is 0.669. The molecule has 1 saturated carbocycles. The van der Waals surface area contributed by atoms with E-state index >= 15 is 0 Å². The lowest BCUT2D eigenvalue weighted by molar-refractivity contribution is -0.123. The summed E-state index contributed by atoms with van der Waals surface area (Å²) in [6, 6.07) is 7.29. The number of fused-ring (bicyclic) bond motifs is 1. The molecule has 5 nitrogen and oxygen atoms in total. The zero-order valence-electron chi connectivity index (χ0n) is 20.7. The molecule has 3 fully saturated rings. The van der Waals surface area contributed by atoms with E-state index < -0.39 is 12.5 Å². The van der Waals surface area contributed by atoms with E-state index in [-0.39, 0.29) is 17.1 Å². The molecule has 4 aliphatic rings. The van der Waals surface area contributed by atoms with Crippen LogP contribution >= 0.6 is 0 Å².